The number of nitrogens with zero attached hydrogens (tertiary/aromatic N) is 2. The molecule has 1 unspecified atom stereocenters. The van der Waals surface area contributed by atoms with E-state index >= 15 is 0 Å². The molecule has 0 radical (unpaired) electrons. The van der Waals surface area contributed by atoms with Gasteiger partial charge in [0.25, 0.3) is 0 Å². The average molecular weight is 469 g/mol. The number of Topliss-reactive ketones (excluding diaryl/α,β-unsaturated/α-hetero) is 1. The number of aliphatic carboxylic acids is 1. The van der Waals surface area contributed by atoms with Crippen LogP contribution in [0.3, 0.4) is 0 Å². The van der Waals surface area contributed by atoms with E-state index in [0.29, 0.717) is 11.3 Å². The number of fused-ring (bicyclic) bond motifs is 1. The average Bonchev–Trinajstić information content (AvgIpc) is 2.77. The lowest BCUT2D eigenvalue weighted by atomic mass is 9.66. The molecular weight excluding hydrogens is 447 g/mol. The number of rotatable bonds is 6. The predicted molar refractivity (Wildman–Crippen MR) is 120 cm³/mol. The number of benzene rings is 1. The Morgan fingerprint density at radius 1 is 1.09 bits per heavy atom. The molecule has 1 aliphatic rings. The van der Waals surface area contributed by atoms with Gasteiger partial charge in [-0.2, -0.15) is 13.2 Å². The highest BCUT2D eigenvalue weighted by Crippen LogP contribution is 2.46. The SMILES string of the molecule is Cc1ccc(Nc2ccc(-c3ccc4c(c3)CCC(CC(=O)O)(CC(F)(F)F)C4=O)nc2)cn1. The standard InChI is InChI=1S/C25H22F3N3O3/c1-15-2-4-18(12-29-15)31-19-5-7-21(30-13-19)17-3-6-20-16(10-17)8-9-24(23(20)34,11-22(32)33)14-25(26,27)28/h2-7,10,12-13,31H,8-9,11,14H2,1H3,(H,32,33). The first-order valence-electron chi connectivity index (χ1n) is 10.7. The molecule has 2 heterocycles. The van der Waals surface area contributed by atoms with Crippen LogP contribution in [0.4, 0.5) is 24.5 Å². The van der Waals surface area contributed by atoms with Crippen molar-refractivity contribution in [2.45, 2.75) is 38.8 Å². The number of carbonyl (C=O) groups excluding carboxylic acids is 1. The molecule has 2 aromatic heterocycles. The number of halogens is 3. The van der Waals surface area contributed by atoms with Crippen molar-refractivity contribution in [2.75, 3.05) is 5.32 Å². The zero-order valence-corrected chi connectivity index (χ0v) is 18.3. The topological polar surface area (TPSA) is 92.2 Å². The van der Waals surface area contributed by atoms with Crippen LogP contribution in [0.25, 0.3) is 11.3 Å². The van der Waals surface area contributed by atoms with E-state index in [2.05, 4.69) is 15.3 Å². The van der Waals surface area contributed by atoms with Crippen molar-refractivity contribution >= 4 is 23.1 Å². The number of hydrogen-bond acceptors (Lipinski definition) is 5. The summed E-state index contributed by atoms with van der Waals surface area (Å²) in [6.07, 6.45) is -3.56. The van der Waals surface area contributed by atoms with E-state index < -0.39 is 36.2 Å². The first-order chi connectivity index (χ1) is 16.0. The van der Waals surface area contributed by atoms with E-state index in [-0.39, 0.29) is 18.4 Å². The summed E-state index contributed by atoms with van der Waals surface area (Å²) in [4.78, 5) is 33.0. The minimum atomic E-state index is -4.64. The molecule has 176 valence electrons. The van der Waals surface area contributed by atoms with Crippen molar-refractivity contribution in [3.8, 4) is 11.3 Å². The van der Waals surface area contributed by atoms with Gasteiger partial charge in [0.15, 0.2) is 5.78 Å². The van der Waals surface area contributed by atoms with Gasteiger partial charge in [-0.05, 0) is 55.7 Å². The van der Waals surface area contributed by atoms with E-state index in [0.717, 1.165) is 22.6 Å². The highest BCUT2D eigenvalue weighted by Gasteiger charge is 2.50. The number of carboxylic acid groups (broad SMARTS) is 1. The fourth-order valence-corrected chi connectivity index (χ4v) is 4.37. The molecule has 1 aliphatic carbocycles. The molecule has 34 heavy (non-hydrogen) atoms. The van der Waals surface area contributed by atoms with Crippen molar-refractivity contribution in [1.82, 2.24) is 9.97 Å². The van der Waals surface area contributed by atoms with Crippen molar-refractivity contribution in [3.05, 3.63) is 71.7 Å². The lowest BCUT2D eigenvalue weighted by Crippen LogP contribution is -2.41. The number of carbonyl (C=O) groups is 2. The number of pyridine rings is 2. The van der Waals surface area contributed by atoms with Crippen molar-refractivity contribution in [1.29, 1.82) is 0 Å². The number of anilines is 2. The fraction of sp³-hybridized carbons (Fsp3) is 0.280. The number of aryl methyl sites for hydroxylation is 2. The Morgan fingerprint density at radius 3 is 2.38 bits per heavy atom. The maximum Gasteiger partial charge on any atom is 0.390 e. The van der Waals surface area contributed by atoms with E-state index in [4.69, 9.17) is 0 Å². The van der Waals surface area contributed by atoms with Crippen LogP contribution in [0.2, 0.25) is 0 Å². The molecule has 0 spiro atoms. The second-order valence-corrected chi connectivity index (χ2v) is 8.59. The van der Waals surface area contributed by atoms with Gasteiger partial charge in [0.1, 0.15) is 0 Å². The second-order valence-electron chi connectivity index (χ2n) is 8.59. The Hall–Kier alpha value is -3.75. The quantitative estimate of drug-likeness (QED) is 0.479. The van der Waals surface area contributed by atoms with Crippen LogP contribution in [0.1, 0.15) is 40.9 Å². The van der Waals surface area contributed by atoms with Gasteiger partial charge in [-0.3, -0.25) is 19.6 Å². The van der Waals surface area contributed by atoms with Gasteiger partial charge in [-0.25, -0.2) is 0 Å². The Kier molecular flexibility index (Phi) is 6.12. The number of carboxylic acids is 1. The normalized spacial score (nSPS) is 17.8. The van der Waals surface area contributed by atoms with Crippen LogP contribution in [-0.4, -0.2) is 33.0 Å². The largest absolute Gasteiger partial charge is 0.481 e. The molecule has 0 saturated heterocycles. The van der Waals surface area contributed by atoms with Crippen LogP contribution in [-0.2, 0) is 11.2 Å². The lowest BCUT2D eigenvalue weighted by Gasteiger charge is -2.36. The summed E-state index contributed by atoms with van der Waals surface area (Å²) in [7, 11) is 0. The number of nitrogens with one attached hydrogen (secondary N) is 1. The molecule has 0 aliphatic heterocycles. The summed E-state index contributed by atoms with van der Waals surface area (Å²) in [6, 6.07) is 12.3. The minimum absolute atomic E-state index is 0.144. The zero-order valence-electron chi connectivity index (χ0n) is 18.3. The van der Waals surface area contributed by atoms with Crippen LogP contribution >= 0.6 is 0 Å². The van der Waals surface area contributed by atoms with Gasteiger partial charge in [-0.1, -0.05) is 12.1 Å². The molecule has 1 aromatic carbocycles. The van der Waals surface area contributed by atoms with Crippen LogP contribution < -0.4 is 5.32 Å². The molecule has 0 fully saturated rings. The number of aromatic nitrogens is 2. The molecule has 9 heteroatoms. The fourth-order valence-electron chi connectivity index (χ4n) is 4.37. The third-order valence-corrected chi connectivity index (χ3v) is 5.99. The molecule has 0 amide bonds. The van der Waals surface area contributed by atoms with Gasteiger partial charge in [0.05, 0.1) is 47.7 Å². The maximum atomic E-state index is 13.2. The molecule has 1 atom stereocenters. The Bertz CT molecular complexity index is 1220. The Labute approximate surface area is 193 Å². The summed E-state index contributed by atoms with van der Waals surface area (Å²) >= 11 is 0. The molecular formula is C25H22F3N3O3. The molecule has 0 bridgehead atoms. The minimum Gasteiger partial charge on any atom is -0.481 e. The van der Waals surface area contributed by atoms with Gasteiger partial charge < -0.3 is 10.4 Å². The Balaban J connectivity index is 1.57. The van der Waals surface area contributed by atoms with E-state index in [1.165, 1.54) is 6.07 Å². The zero-order chi connectivity index (χ0) is 24.5. The first-order valence-corrected chi connectivity index (χ1v) is 10.7. The smallest absolute Gasteiger partial charge is 0.390 e. The molecule has 0 saturated carbocycles. The highest BCUT2D eigenvalue weighted by atomic mass is 19.4. The summed E-state index contributed by atoms with van der Waals surface area (Å²) in [5, 5.41) is 12.4. The third kappa shape index (κ3) is 5.08. The highest BCUT2D eigenvalue weighted by molar-refractivity contribution is 6.04. The Morgan fingerprint density at radius 2 is 1.79 bits per heavy atom. The summed E-state index contributed by atoms with van der Waals surface area (Å²) in [6.45, 7) is 1.90. The van der Waals surface area contributed by atoms with Crippen LogP contribution in [0, 0.1) is 12.3 Å². The lowest BCUT2D eigenvalue weighted by molar-refractivity contribution is -0.160. The summed E-state index contributed by atoms with van der Waals surface area (Å²) < 4.78 is 39.6. The van der Waals surface area contributed by atoms with E-state index in [1.807, 2.05) is 25.1 Å². The van der Waals surface area contributed by atoms with Crippen LogP contribution in [0.15, 0.2) is 54.9 Å². The summed E-state index contributed by atoms with van der Waals surface area (Å²) in [5.41, 5.74) is 2.60. The number of alkyl halides is 3. The van der Waals surface area contributed by atoms with Gasteiger partial charge in [-0.15, -0.1) is 0 Å². The number of ketones is 1. The van der Waals surface area contributed by atoms with E-state index in [1.54, 1.807) is 30.6 Å². The van der Waals surface area contributed by atoms with Crippen molar-refractivity contribution in [3.63, 3.8) is 0 Å². The predicted octanol–water partition coefficient (Wildman–Crippen LogP) is 5.74. The summed E-state index contributed by atoms with van der Waals surface area (Å²) in [5.74, 6) is -2.18. The van der Waals surface area contributed by atoms with Gasteiger partial charge in [0, 0.05) is 16.8 Å². The molecule has 6 nitrogen and oxygen atoms in total. The van der Waals surface area contributed by atoms with Crippen molar-refractivity contribution in [2.24, 2.45) is 5.41 Å². The molecule has 2 N–H and O–H groups in total. The second kappa shape index (κ2) is 8.89. The molecule has 4 rings (SSSR count). The van der Waals surface area contributed by atoms with Crippen molar-refractivity contribution < 1.29 is 27.9 Å². The van der Waals surface area contributed by atoms with Crippen LogP contribution in [0.5, 0.6) is 0 Å². The first kappa shape index (κ1) is 23.4. The van der Waals surface area contributed by atoms with E-state index in [9.17, 15) is 27.9 Å². The number of hydrogen-bond donors (Lipinski definition) is 2. The molecule has 3 aromatic rings. The van der Waals surface area contributed by atoms with Gasteiger partial charge in [0.2, 0.25) is 0 Å². The monoisotopic (exact) mass is 469 g/mol. The van der Waals surface area contributed by atoms with Gasteiger partial charge >= 0.3 is 12.1 Å². The third-order valence-electron chi connectivity index (χ3n) is 5.99. The maximum absolute atomic E-state index is 13.2.